The molecule has 1 aromatic rings. The lowest BCUT2D eigenvalue weighted by Crippen LogP contribution is -2.38. The second-order valence-electron chi connectivity index (χ2n) is 5.54. The molecule has 0 spiro atoms. The van der Waals surface area contributed by atoms with E-state index in [1.165, 1.54) is 5.56 Å². The van der Waals surface area contributed by atoms with Gasteiger partial charge in [-0.15, -0.1) is 0 Å². The Labute approximate surface area is 108 Å². The Kier molecular flexibility index (Phi) is 2.98. The highest BCUT2D eigenvalue weighted by molar-refractivity contribution is 5.81. The van der Waals surface area contributed by atoms with Gasteiger partial charge in [-0.05, 0) is 49.3 Å². The SMILES string of the molecule is Nc1ccc(C2CCN(C(=O)C3CC3)CC2)cc1. The van der Waals surface area contributed by atoms with Gasteiger partial charge in [-0.1, -0.05) is 12.1 Å². The van der Waals surface area contributed by atoms with Crippen LogP contribution in [0.15, 0.2) is 24.3 Å². The van der Waals surface area contributed by atoms with Gasteiger partial charge in [-0.25, -0.2) is 0 Å². The van der Waals surface area contributed by atoms with E-state index in [1.54, 1.807) is 0 Å². The summed E-state index contributed by atoms with van der Waals surface area (Å²) in [5.41, 5.74) is 7.89. The molecule has 1 amide bonds. The summed E-state index contributed by atoms with van der Waals surface area (Å²) in [6.07, 6.45) is 4.39. The number of piperidine rings is 1. The van der Waals surface area contributed by atoms with Crippen molar-refractivity contribution in [3.05, 3.63) is 29.8 Å². The molecular formula is C15H20N2O. The van der Waals surface area contributed by atoms with Crippen LogP contribution in [-0.2, 0) is 4.79 Å². The largest absolute Gasteiger partial charge is 0.399 e. The Bertz CT molecular complexity index is 428. The zero-order valence-corrected chi connectivity index (χ0v) is 10.6. The number of rotatable bonds is 2. The highest BCUT2D eigenvalue weighted by Crippen LogP contribution is 2.34. The molecule has 0 atom stereocenters. The molecule has 1 aliphatic carbocycles. The number of carbonyl (C=O) groups is 1. The maximum absolute atomic E-state index is 12.0. The van der Waals surface area contributed by atoms with Gasteiger partial charge >= 0.3 is 0 Å². The summed E-state index contributed by atoms with van der Waals surface area (Å²) >= 11 is 0. The van der Waals surface area contributed by atoms with Crippen molar-refractivity contribution in [3.63, 3.8) is 0 Å². The van der Waals surface area contributed by atoms with Gasteiger partial charge in [0.2, 0.25) is 5.91 Å². The smallest absolute Gasteiger partial charge is 0.225 e. The van der Waals surface area contributed by atoms with Crippen molar-refractivity contribution in [1.29, 1.82) is 0 Å². The van der Waals surface area contributed by atoms with Gasteiger partial charge < -0.3 is 10.6 Å². The lowest BCUT2D eigenvalue weighted by Gasteiger charge is -2.32. The molecule has 18 heavy (non-hydrogen) atoms. The normalized spacial score (nSPS) is 21.0. The number of nitrogens with two attached hydrogens (primary N) is 1. The quantitative estimate of drug-likeness (QED) is 0.812. The van der Waals surface area contributed by atoms with Gasteiger partial charge in [0.1, 0.15) is 0 Å². The van der Waals surface area contributed by atoms with E-state index in [0.29, 0.717) is 17.7 Å². The number of likely N-dealkylation sites (tertiary alicyclic amines) is 1. The first-order chi connectivity index (χ1) is 8.74. The Hall–Kier alpha value is -1.51. The number of amides is 1. The van der Waals surface area contributed by atoms with E-state index >= 15 is 0 Å². The third-order valence-corrected chi connectivity index (χ3v) is 4.14. The van der Waals surface area contributed by atoms with Crippen molar-refractivity contribution in [2.75, 3.05) is 18.8 Å². The molecular weight excluding hydrogens is 224 g/mol. The summed E-state index contributed by atoms with van der Waals surface area (Å²) in [4.78, 5) is 14.0. The molecule has 0 unspecified atom stereocenters. The van der Waals surface area contributed by atoms with E-state index in [4.69, 9.17) is 5.73 Å². The molecule has 2 fully saturated rings. The summed E-state index contributed by atoms with van der Waals surface area (Å²) < 4.78 is 0. The summed E-state index contributed by atoms with van der Waals surface area (Å²) in [5.74, 6) is 1.35. The van der Waals surface area contributed by atoms with Crippen LogP contribution in [0, 0.1) is 5.92 Å². The predicted octanol–water partition coefficient (Wildman–Crippen LogP) is 2.38. The van der Waals surface area contributed by atoms with Crippen LogP contribution in [0.4, 0.5) is 5.69 Å². The van der Waals surface area contributed by atoms with Crippen molar-refractivity contribution in [2.24, 2.45) is 5.92 Å². The van der Waals surface area contributed by atoms with Crippen molar-refractivity contribution < 1.29 is 4.79 Å². The number of nitrogens with zero attached hydrogens (tertiary/aromatic N) is 1. The second-order valence-corrected chi connectivity index (χ2v) is 5.54. The fourth-order valence-corrected chi connectivity index (χ4v) is 2.79. The zero-order chi connectivity index (χ0) is 12.5. The van der Waals surface area contributed by atoms with Crippen molar-refractivity contribution in [3.8, 4) is 0 Å². The van der Waals surface area contributed by atoms with Crippen LogP contribution in [0.1, 0.15) is 37.2 Å². The lowest BCUT2D eigenvalue weighted by atomic mass is 9.89. The first kappa shape index (κ1) is 11.6. The van der Waals surface area contributed by atoms with E-state index in [-0.39, 0.29) is 0 Å². The fourth-order valence-electron chi connectivity index (χ4n) is 2.79. The van der Waals surface area contributed by atoms with E-state index in [9.17, 15) is 4.79 Å². The van der Waals surface area contributed by atoms with E-state index in [1.807, 2.05) is 12.1 Å². The molecule has 0 radical (unpaired) electrons. The molecule has 2 N–H and O–H groups in total. The van der Waals surface area contributed by atoms with Crippen LogP contribution in [-0.4, -0.2) is 23.9 Å². The van der Waals surface area contributed by atoms with E-state index in [2.05, 4.69) is 17.0 Å². The predicted molar refractivity (Wildman–Crippen MR) is 72.1 cm³/mol. The molecule has 3 heteroatoms. The van der Waals surface area contributed by atoms with Crippen molar-refractivity contribution >= 4 is 11.6 Å². The molecule has 1 heterocycles. The molecule has 96 valence electrons. The molecule has 1 saturated carbocycles. The average Bonchev–Trinajstić information content (AvgIpc) is 3.23. The Balaban J connectivity index is 1.59. The van der Waals surface area contributed by atoms with Gasteiger partial charge in [0, 0.05) is 24.7 Å². The molecule has 3 nitrogen and oxygen atoms in total. The lowest BCUT2D eigenvalue weighted by molar-refractivity contribution is -0.133. The van der Waals surface area contributed by atoms with Crippen LogP contribution in [0.5, 0.6) is 0 Å². The maximum atomic E-state index is 12.0. The topological polar surface area (TPSA) is 46.3 Å². The van der Waals surface area contributed by atoms with Gasteiger partial charge in [-0.3, -0.25) is 4.79 Å². The van der Waals surface area contributed by atoms with E-state index in [0.717, 1.165) is 44.5 Å². The number of nitrogen functional groups attached to an aromatic ring is 1. The standard InChI is InChI=1S/C15H20N2O/c16-14-5-3-11(4-6-14)12-7-9-17(10-8-12)15(18)13-1-2-13/h3-6,12-13H,1-2,7-10,16H2. The summed E-state index contributed by atoms with van der Waals surface area (Å²) in [7, 11) is 0. The van der Waals surface area contributed by atoms with Gasteiger partial charge in [0.25, 0.3) is 0 Å². The molecule has 2 aliphatic rings. The number of hydrogen-bond donors (Lipinski definition) is 1. The number of hydrogen-bond acceptors (Lipinski definition) is 2. The van der Waals surface area contributed by atoms with Crippen LogP contribution in [0.25, 0.3) is 0 Å². The van der Waals surface area contributed by atoms with Crippen LogP contribution >= 0.6 is 0 Å². The third kappa shape index (κ3) is 2.35. The monoisotopic (exact) mass is 244 g/mol. The van der Waals surface area contributed by atoms with Gasteiger partial charge in [0.05, 0.1) is 0 Å². The fraction of sp³-hybridized carbons (Fsp3) is 0.533. The minimum absolute atomic E-state index is 0.359. The second kappa shape index (κ2) is 4.63. The summed E-state index contributed by atoms with van der Waals surface area (Å²) in [5, 5.41) is 0. The zero-order valence-electron chi connectivity index (χ0n) is 10.6. The van der Waals surface area contributed by atoms with Crippen LogP contribution in [0.2, 0.25) is 0 Å². The molecule has 0 aromatic heterocycles. The van der Waals surface area contributed by atoms with Crippen molar-refractivity contribution in [2.45, 2.75) is 31.6 Å². The highest BCUT2D eigenvalue weighted by Gasteiger charge is 2.34. The molecule has 0 bridgehead atoms. The first-order valence-electron chi connectivity index (χ1n) is 6.88. The number of anilines is 1. The minimum atomic E-state index is 0.359. The van der Waals surface area contributed by atoms with E-state index < -0.39 is 0 Å². The summed E-state index contributed by atoms with van der Waals surface area (Å²) in [6.45, 7) is 1.84. The highest BCUT2D eigenvalue weighted by atomic mass is 16.2. The Morgan fingerprint density at radius 1 is 1.06 bits per heavy atom. The number of carbonyl (C=O) groups excluding carboxylic acids is 1. The molecule has 1 saturated heterocycles. The van der Waals surface area contributed by atoms with Crippen molar-refractivity contribution in [1.82, 2.24) is 4.90 Å². The Morgan fingerprint density at radius 2 is 1.67 bits per heavy atom. The molecule has 1 aromatic carbocycles. The number of benzene rings is 1. The van der Waals surface area contributed by atoms with Gasteiger partial charge in [-0.2, -0.15) is 0 Å². The van der Waals surface area contributed by atoms with Crippen LogP contribution in [0.3, 0.4) is 0 Å². The average molecular weight is 244 g/mol. The van der Waals surface area contributed by atoms with Gasteiger partial charge in [0.15, 0.2) is 0 Å². The third-order valence-electron chi connectivity index (χ3n) is 4.14. The molecule has 1 aliphatic heterocycles. The first-order valence-corrected chi connectivity index (χ1v) is 6.88. The maximum Gasteiger partial charge on any atom is 0.225 e. The summed E-state index contributed by atoms with van der Waals surface area (Å²) in [6, 6.07) is 8.19. The Morgan fingerprint density at radius 3 is 2.22 bits per heavy atom. The van der Waals surface area contributed by atoms with Crippen LogP contribution < -0.4 is 5.73 Å². The minimum Gasteiger partial charge on any atom is -0.399 e. The molecule has 3 rings (SSSR count).